The Labute approximate surface area is 114 Å². The number of ether oxygens (including phenoxy) is 1. The number of methoxy groups -OCH3 is 1. The molecule has 0 saturated carbocycles. The van der Waals surface area contributed by atoms with E-state index in [9.17, 15) is 14.9 Å². The molecule has 0 aliphatic heterocycles. The number of aromatic nitrogens is 2. The van der Waals surface area contributed by atoms with E-state index in [1.165, 1.54) is 25.4 Å². The number of rotatable bonds is 4. The lowest BCUT2D eigenvalue weighted by Gasteiger charge is -2.06. The lowest BCUT2D eigenvalue weighted by molar-refractivity contribution is -0.385. The van der Waals surface area contributed by atoms with Gasteiger partial charge in [-0.25, -0.2) is 4.98 Å². The van der Waals surface area contributed by atoms with Crippen LogP contribution in [0.1, 0.15) is 10.4 Å². The fraction of sp³-hybridized carbons (Fsp3) is 0.167. The van der Waals surface area contributed by atoms with Gasteiger partial charge in [-0.2, -0.15) is 0 Å². The number of aryl methyl sites for hydroxylation is 1. The lowest BCUT2D eigenvalue weighted by Crippen LogP contribution is -2.15. The number of nitrogens with one attached hydrogen (secondary N) is 1. The third kappa shape index (κ3) is 2.58. The average molecular weight is 276 g/mol. The number of hydrogen-bond donors (Lipinski definition) is 1. The first-order valence-corrected chi connectivity index (χ1v) is 5.64. The number of hydrogen-bond acceptors (Lipinski definition) is 5. The minimum absolute atomic E-state index is 0.101. The lowest BCUT2D eigenvalue weighted by atomic mass is 10.2. The summed E-state index contributed by atoms with van der Waals surface area (Å²) in [5, 5.41) is 13.5. The van der Waals surface area contributed by atoms with Gasteiger partial charge in [-0.05, 0) is 12.1 Å². The van der Waals surface area contributed by atoms with Crippen LogP contribution in [0.5, 0.6) is 5.75 Å². The Hall–Kier alpha value is -2.90. The van der Waals surface area contributed by atoms with Crippen LogP contribution in [0.3, 0.4) is 0 Å². The fourth-order valence-corrected chi connectivity index (χ4v) is 1.63. The van der Waals surface area contributed by atoms with E-state index in [4.69, 9.17) is 4.74 Å². The van der Waals surface area contributed by atoms with Crippen LogP contribution in [0, 0.1) is 10.1 Å². The number of benzene rings is 1. The highest BCUT2D eigenvalue weighted by molar-refractivity contribution is 6.04. The summed E-state index contributed by atoms with van der Waals surface area (Å²) in [6.07, 6.45) is 3.21. The van der Waals surface area contributed by atoms with Gasteiger partial charge in [-0.1, -0.05) is 0 Å². The van der Waals surface area contributed by atoms with Gasteiger partial charge < -0.3 is 9.30 Å². The quantitative estimate of drug-likeness (QED) is 0.675. The Kier molecular flexibility index (Phi) is 3.65. The molecule has 0 unspecified atom stereocenters. The van der Waals surface area contributed by atoms with Gasteiger partial charge in [0.05, 0.1) is 12.0 Å². The Bertz CT molecular complexity index is 665. The molecule has 0 bridgehead atoms. The van der Waals surface area contributed by atoms with Crippen molar-refractivity contribution in [3.05, 3.63) is 46.3 Å². The molecule has 8 heteroatoms. The minimum Gasteiger partial charge on any atom is -0.490 e. The second-order valence-corrected chi connectivity index (χ2v) is 3.96. The Balaban J connectivity index is 2.29. The molecule has 0 aliphatic rings. The summed E-state index contributed by atoms with van der Waals surface area (Å²) in [6.45, 7) is 0. The molecule has 2 rings (SSSR count). The summed E-state index contributed by atoms with van der Waals surface area (Å²) in [4.78, 5) is 26.3. The first-order valence-electron chi connectivity index (χ1n) is 5.64. The first-order chi connectivity index (χ1) is 9.52. The van der Waals surface area contributed by atoms with Crippen LogP contribution in [-0.2, 0) is 7.05 Å². The number of nitro benzene ring substituents is 1. The Morgan fingerprint density at radius 1 is 1.50 bits per heavy atom. The summed E-state index contributed by atoms with van der Waals surface area (Å²) in [5.74, 6) is -0.0259. The molecule has 0 aliphatic carbocycles. The van der Waals surface area contributed by atoms with E-state index >= 15 is 0 Å². The van der Waals surface area contributed by atoms with Gasteiger partial charge in [0.25, 0.3) is 5.91 Å². The van der Waals surface area contributed by atoms with Gasteiger partial charge in [0.15, 0.2) is 5.75 Å². The maximum absolute atomic E-state index is 12.0. The molecule has 0 fully saturated rings. The van der Waals surface area contributed by atoms with Crippen molar-refractivity contribution in [1.82, 2.24) is 9.55 Å². The van der Waals surface area contributed by atoms with Crippen molar-refractivity contribution in [2.24, 2.45) is 7.05 Å². The van der Waals surface area contributed by atoms with Crippen LogP contribution in [0.25, 0.3) is 0 Å². The van der Waals surface area contributed by atoms with Crippen LogP contribution >= 0.6 is 0 Å². The average Bonchev–Trinajstić information content (AvgIpc) is 2.83. The van der Waals surface area contributed by atoms with Crippen LogP contribution < -0.4 is 10.1 Å². The summed E-state index contributed by atoms with van der Waals surface area (Å²) in [5.41, 5.74) is -0.111. The number of imidazole rings is 1. The fourth-order valence-electron chi connectivity index (χ4n) is 1.63. The predicted octanol–water partition coefficient (Wildman–Crippen LogP) is 1.59. The highest BCUT2D eigenvalue weighted by Gasteiger charge is 2.18. The van der Waals surface area contributed by atoms with Gasteiger partial charge in [0.2, 0.25) is 5.95 Å². The number of anilines is 1. The van der Waals surface area contributed by atoms with Gasteiger partial charge in [-0.15, -0.1) is 0 Å². The smallest absolute Gasteiger partial charge is 0.311 e. The topological polar surface area (TPSA) is 99.3 Å². The second kappa shape index (κ2) is 5.39. The standard InChI is InChI=1S/C12H12N4O4/c1-15-6-5-13-12(15)14-11(17)8-3-4-10(20-2)9(7-8)16(18)19/h3-7H,1-2H3,(H,13,14,17). The largest absolute Gasteiger partial charge is 0.490 e. The molecule has 104 valence electrons. The second-order valence-electron chi connectivity index (χ2n) is 3.96. The zero-order chi connectivity index (χ0) is 14.7. The van der Waals surface area contributed by atoms with Crippen LogP contribution in [-0.4, -0.2) is 27.5 Å². The normalized spacial score (nSPS) is 10.1. The van der Waals surface area contributed by atoms with Crippen molar-refractivity contribution in [3.63, 3.8) is 0 Å². The van der Waals surface area contributed by atoms with Crippen molar-refractivity contribution >= 4 is 17.5 Å². The van der Waals surface area contributed by atoms with Crippen molar-refractivity contribution in [2.75, 3.05) is 12.4 Å². The third-order valence-electron chi connectivity index (χ3n) is 2.68. The van der Waals surface area contributed by atoms with E-state index in [0.29, 0.717) is 5.95 Å². The molecule has 0 spiro atoms. The molecule has 0 atom stereocenters. The molecular formula is C12H12N4O4. The van der Waals surface area contributed by atoms with Crippen LogP contribution in [0.15, 0.2) is 30.6 Å². The third-order valence-corrected chi connectivity index (χ3v) is 2.68. The maximum atomic E-state index is 12.0. The minimum atomic E-state index is -0.601. The predicted molar refractivity (Wildman–Crippen MR) is 70.8 cm³/mol. The zero-order valence-corrected chi connectivity index (χ0v) is 10.9. The number of nitrogens with zero attached hydrogens (tertiary/aromatic N) is 3. The maximum Gasteiger partial charge on any atom is 0.311 e. The van der Waals surface area contributed by atoms with E-state index in [1.807, 2.05) is 0 Å². The number of carbonyl (C=O) groups is 1. The van der Waals surface area contributed by atoms with Gasteiger partial charge >= 0.3 is 5.69 Å². The number of carbonyl (C=O) groups excluding carboxylic acids is 1. The molecule has 1 heterocycles. The molecule has 8 nitrogen and oxygen atoms in total. The number of nitro groups is 1. The summed E-state index contributed by atoms with van der Waals surface area (Å²) >= 11 is 0. The van der Waals surface area contributed by atoms with E-state index < -0.39 is 10.8 Å². The van der Waals surface area contributed by atoms with Crippen LogP contribution in [0.4, 0.5) is 11.6 Å². The van der Waals surface area contributed by atoms with Crippen LogP contribution in [0.2, 0.25) is 0 Å². The summed E-state index contributed by atoms with van der Waals surface area (Å²) < 4.78 is 6.50. The molecule has 1 N–H and O–H groups in total. The van der Waals surface area contributed by atoms with E-state index in [1.54, 1.807) is 17.8 Å². The van der Waals surface area contributed by atoms with Gasteiger partial charge in [-0.3, -0.25) is 20.2 Å². The molecule has 0 radical (unpaired) electrons. The molecule has 1 amide bonds. The van der Waals surface area contributed by atoms with Crippen molar-refractivity contribution in [3.8, 4) is 5.75 Å². The summed E-state index contributed by atoms with van der Waals surface area (Å²) in [7, 11) is 3.05. The SMILES string of the molecule is COc1ccc(C(=O)Nc2nccn2C)cc1[N+](=O)[O-]. The molecule has 1 aromatic carbocycles. The van der Waals surface area contributed by atoms with Crippen molar-refractivity contribution < 1.29 is 14.5 Å². The van der Waals surface area contributed by atoms with Crippen molar-refractivity contribution in [2.45, 2.75) is 0 Å². The van der Waals surface area contributed by atoms with E-state index in [-0.39, 0.29) is 17.0 Å². The van der Waals surface area contributed by atoms with Gasteiger partial charge in [0, 0.05) is 31.1 Å². The molecule has 1 aromatic heterocycles. The van der Waals surface area contributed by atoms with E-state index in [0.717, 1.165) is 6.07 Å². The zero-order valence-electron chi connectivity index (χ0n) is 10.9. The van der Waals surface area contributed by atoms with E-state index in [2.05, 4.69) is 10.3 Å². The monoisotopic (exact) mass is 276 g/mol. The Morgan fingerprint density at radius 2 is 2.25 bits per heavy atom. The molecular weight excluding hydrogens is 264 g/mol. The molecule has 0 saturated heterocycles. The van der Waals surface area contributed by atoms with Crippen molar-refractivity contribution in [1.29, 1.82) is 0 Å². The highest BCUT2D eigenvalue weighted by Crippen LogP contribution is 2.27. The highest BCUT2D eigenvalue weighted by atomic mass is 16.6. The first kappa shape index (κ1) is 13.5. The van der Waals surface area contributed by atoms with Gasteiger partial charge in [0.1, 0.15) is 0 Å². The number of amides is 1. The summed E-state index contributed by atoms with van der Waals surface area (Å²) in [6, 6.07) is 3.99. The molecule has 2 aromatic rings. The Morgan fingerprint density at radius 3 is 2.80 bits per heavy atom. The molecule has 20 heavy (non-hydrogen) atoms.